The van der Waals surface area contributed by atoms with Gasteiger partial charge in [0.2, 0.25) is 0 Å². The van der Waals surface area contributed by atoms with Gasteiger partial charge in [-0.2, -0.15) is 0 Å². The van der Waals surface area contributed by atoms with Crippen molar-refractivity contribution in [3.05, 3.63) is 75.9 Å². The van der Waals surface area contributed by atoms with Crippen LogP contribution in [0.25, 0.3) is 5.57 Å². The summed E-state index contributed by atoms with van der Waals surface area (Å²) < 4.78 is 5.84. The van der Waals surface area contributed by atoms with E-state index in [1.54, 1.807) is 6.07 Å². The highest BCUT2D eigenvalue weighted by Gasteiger charge is 2.43. The van der Waals surface area contributed by atoms with Crippen LogP contribution in [-0.4, -0.2) is 46.9 Å². The summed E-state index contributed by atoms with van der Waals surface area (Å²) in [6, 6.07) is 15.0. The summed E-state index contributed by atoms with van der Waals surface area (Å²) in [6.07, 6.45) is -0.0536. The molecule has 0 aromatic heterocycles. The highest BCUT2D eigenvalue weighted by molar-refractivity contribution is 6.35. The minimum atomic E-state index is -0.287. The van der Waals surface area contributed by atoms with E-state index in [1.807, 2.05) is 68.1 Å². The van der Waals surface area contributed by atoms with Gasteiger partial charge in [0.1, 0.15) is 5.70 Å². The Kier molecular flexibility index (Phi) is 5.67. The fourth-order valence-electron chi connectivity index (χ4n) is 4.14. The van der Waals surface area contributed by atoms with Crippen LogP contribution in [0.2, 0.25) is 5.02 Å². The van der Waals surface area contributed by atoms with Gasteiger partial charge in [0, 0.05) is 18.1 Å². The molecular formula is C24H25ClN2O3. The normalized spacial score (nSPS) is 22.3. The second kappa shape index (κ2) is 8.25. The van der Waals surface area contributed by atoms with E-state index in [-0.39, 0.29) is 30.6 Å². The molecule has 2 heterocycles. The van der Waals surface area contributed by atoms with Crippen LogP contribution in [0.5, 0.6) is 0 Å². The van der Waals surface area contributed by atoms with Crippen LogP contribution in [0, 0.1) is 6.92 Å². The number of amides is 2. The third-order valence-corrected chi connectivity index (χ3v) is 5.87. The Bertz CT molecular complexity index is 1010. The third-order valence-electron chi connectivity index (χ3n) is 5.51. The smallest absolute Gasteiger partial charge is 0.278 e. The Balaban J connectivity index is 1.76. The lowest BCUT2D eigenvalue weighted by Crippen LogP contribution is -2.46. The lowest BCUT2D eigenvalue weighted by atomic mass is 10.0. The maximum atomic E-state index is 13.5. The highest BCUT2D eigenvalue weighted by Crippen LogP contribution is 2.34. The van der Waals surface area contributed by atoms with Gasteiger partial charge in [-0.15, -0.1) is 0 Å². The van der Waals surface area contributed by atoms with E-state index in [0.717, 1.165) is 16.7 Å². The molecule has 1 fully saturated rings. The number of carbonyl (C=O) groups excluding carboxylic acids is 2. The number of benzene rings is 2. The zero-order chi connectivity index (χ0) is 21.4. The first-order valence-electron chi connectivity index (χ1n) is 10.2. The molecule has 1 saturated heterocycles. The molecule has 2 aromatic carbocycles. The predicted octanol–water partition coefficient (Wildman–Crippen LogP) is 4.04. The molecule has 2 aliphatic heterocycles. The Morgan fingerprint density at radius 3 is 2.23 bits per heavy atom. The second-order valence-electron chi connectivity index (χ2n) is 8.04. The minimum Gasteiger partial charge on any atom is -0.372 e. The molecule has 4 rings (SSSR count). The monoisotopic (exact) mass is 424 g/mol. The Labute approximate surface area is 181 Å². The maximum absolute atomic E-state index is 13.5. The lowest BCUT2D eigenvalue weighted by Gasteiger charge is -2.37. The van der Waals surface area contributed by atoms with Crippen molar-refractivity contribution in [2.75, 3.05) is 13.1 Å². The van der Waals surface area contributed by atoms with Gasteiger partial charge in [-0.1, -0.05) is 59.6 Å². The Morgan fingerprint density at radius 1 is 0.967 bits per heavy atom. The van der Waals surface area contributed by atoms with Crippen molar-refractivity contribution in [1.82, 2.24) is 9.80 Å². The first-order valence-corrected chi connectivity index (χ1v) is 10.5. The number of imide groups is 1. The summed E-state index contributed by atoms with van der Waals surface area (Å²) in [4.78, 5) is 30.3. The van der Waals surface area contributed by atoms with Gasteiger partial charge >= 0.3 is 0 Å². The topological polar surface area (TPSA) is 49.9 Å². The van der Waals surface area contributed by atoms with Crippen molar-refractivity contribution in [1.29, 1.82) is 0 Å². The predicted molar refractivity (Wildman–Crippen MR) is 117 cm³/mol. The van der Waals surface area contributed by atoms with E-state index < -0.39 is 0 Å². The van der Waals surface area contributed by atoms with Gasteiger partial charge in [-0.25, -0.2) is 0 Å². The summed E-state index contributed by atoms with van der Waals surface area (Å²) in [5, 5.41) is 0.539. The zero-order valence-corrected chi connectivity index (χ0v) is 18.1. The van der Waals surface area contributed by atoms with Crippen LogP contribution in [0.3, 0.4) is 0 Å². The minimum absolute atomic E-state index is 0.0268. The molecule has 2 aliphatic rings. The first kappa shape index (κ1) is 20.6. The molecule has 0 spiro atoms. The lowest BCUT2D eigenvalue weighted by molar-refractivity contribution is -0.139. The number of carbonyl (C=O) groups is 2. The van der Waals surface area contributed by atoms with E-state index >= 15 is 0 Å². The molecule has 2 unspecified atom stereocenters. The summed E-state index contributed by atoms with van der Waals surface area (Å²) >= 11 is 6.30. The molecule has 0 radical (unpaired) electrons. The van der Waals surface area contributed by atoms with Crippen LogP contribution >= 0.6 is 11.6 Å². The number of hydrogen-bond acceptors (Lipinski definition) is 4. The Morgan fingerprint density at radius 2 is 1.60 bits per heavy atom. The zero-order valence-electron chi connectivity index (χ0n) is 17.4. The number of morpholine rings is 1. The van der Waals surface area contributed by atoms with E-state index in [4.69, 9.17) is 16.3 Å². The maximum Gasteiger partial charge on any atom is 0.278 e. The van der Waals surface area contributed by atoms with Crippen molar-refractivity contribution < 1.29 is 14.3 Å². The largest absolute Gasteiger partial charge is 0.372 e. The van der Waals surface area contributed by atoms with Gasteiger partial charge in [0.15, 0.2) is 0 Å². The van der Waals surface area contributed by atoms with Crippen molar-refractivity contribution in [2.45, 2.75) is 39.5 Å². The molecule has 0 saturated carbocycles. The number of hydrogen-bond donors (Lipinski definition) is 0. The summed E-state index contributed by atoms with van der Waals surface area (Å²) in [5.41, 5.74) is 3.50. The quantitative estimate of drug-likeness (QED) is 0.695. The molecule has 156 valence electrons. The van der Waals surface area contributed by atoms with E-state index in [1.165, 1.54) is 4.90 Å². The standard InChI is InChI=1S/C24H25ClN2O3/c1-15-8-10-18(11-9-15)21-22(26-12-16(2)30-17(3)13-26)24(29)27(23(21)28)14-19-6-4-5-7-20(19)25/h4-11,16-17H,12-14H2,1-3H3. The molecule has 6 heteroatoms. The van der Waals surface area contributed by atoms with Gasteiger partial charge < -0.3 is 9.64 Å². The Hall–Kier alpha value is -2.63. The second-order valence-corrected chi connectivity index (χ2v) is 8.45. The number of aryl methyl sites for hydroxylation is 1. The van der Waals surface area contributed by atoms with Crippen LogP contribution in [0.4, 0.5) is 0 Å². The average Bonchev–Trinajstić information content (AvgIpc) is 2.94. The molecule has 0 N–H and O–H groups in total. The molecule has 2 atom stereocenters. The molecule has 30 heavy (non-hydrogen) atoms. The number of nitrogens with zero attached hydrogens (tertiary/aromatic N) is 2. The number of ether oxygens (including phenoxy) is 1. The van der Waals surface area contributed by atoms with Crippen molar-refractivity contribution >= 4 is 29.0 Å². The average molecular weight is 425 g/mol. The van der Waals surface area contributed by atoms with Gasteiger partial charge in [-0.3, -0.25) is 14.5 Å². The first-order chi connectivity index (χ1) is 14.3. The molecular weight excluding hydrogens is 400 g/mol. The van der Waals surface area contributed by atoms with Gasteiger partial charge in [-0.05, 0) is 38.0 Å². The van der Waals surface area contributed by atoms with Gasteiger partial charge in [0.25, 0.3) is 11.8 Å². The fourth-order valence-corrected chi connectivity index (χ4v) is 4.33. The molecule has 5 nitrogen and oxygen atoms in total. The highest BCUT2D eigenvalue weighted by atomic mass is 35.5. The van der Waals surface area contributed by atoms with Gasteiger partial charge in [0.05, 0.1) is 24.3 Å². The molecule has 2 amide bonds. The molecule has 0 bridgehead atoms. The van der Waals surface area contributed by atoms with E-state index in [0.29, 0.717) is 29.4 Å². The van der Waals surface area contributed by atoms with Crippen LogP contribution in [0.1, 0.15) is 30.5 Å². The number of halogens is 1. The van der Waals surface area contributed by atoms with E-state index in [9.17, 15) is 9.59 Å². The summed E-state index contributed by atoms with van der Waals surface area (Å²) in [5.74, 6) is -0.567. The SMILES string of the molecule is Cc1ccc(C2=C(N3CC(C)OC(C)C3)C(=O)N(Cc3ccccc3Cl)C2=O)cc1. The molecule has 2 aromatic rings. The van der Waals surface area contributed by atoms with Crippen LogP contribution in [0.15, 0.2) is 54.2 Å². The van der Waals surface area contributed by atoms with Crippen LogP contribution < -0.4 is 0 Å². The van der Waals surface area contributed by atoms with Crippen LogP contribution in [-0.2, 0) is 20.9 Å². The van der Waals surface area contributed by atoms with Crippen molar-refractivity contribution in [2.24, 2.45) is 0 Å². The van der Waals surface area contributed by atoms with Crippen molar-refractivity contribution in [3.8, 4) is 0 Å². The fraction of sp³-hybridized carbons (Fsp3) is 0.333. The number of rotatable bonds is 4. The molecule has 0 aliphatic carbocycles. The van der Waals surface area contributed by atoms with E-state index in [2.05, 4.69) is 0 Å². The van der Waals surface area contributed by atoms with Crippen molar-refractivity contribution in [3.63, 3.8) is 0 Å². The summed E-state index contributed by atoms with van der Waals surface area (Å²) in [7, 11) is 0. The summed E-state index contributed by atoms with van der Waals surface area (Å²) in [6.45, 7) is 7.23. The third kappa shape index (κ3) is 3.87.